The van der Waals surface area contributed by atoms with Crippen LogP contribution in [0.2, 0.25) is 0 Å². The van der Waals surface area contributed by atoms with E-state index in [9.17, 15) is 0 Å². The number of nitrogens with zero attached hydrogens (tertiary/aromatic N) is 1. The highest BCUT2D eigenvalue weighted by Gasteiger charge is 2.26. The van der Waals surface area contributed by atoms with E-state index in [-0.39, 0.29) is 0 Å². The first-order valence-corrected chi connectivity index (χ1v) is 9.21. The van der Waals surface area contributed by atoms with Crippen LogP contribution in [0, 0.1) is 0 Å². The Morgan fingerprint density at radius 2 is 1.72 bits per heavy atom. The molecular weight excluding hydrogens is 266 g/mol. The van der Waals surface area contributed by atoms with Gasteiger partial charge in [0.2, 0.25) is 0 Å². The van der Waals surface area contributed by atoms with E-state index >= 15 is 0 Å². The van der Waals surface area contributed by atoms with E-state index in [1.54, 1.807) is 7.11 Å². The summed E-state index contributed by atoms with van der Waals surface area (Å²) < 4.78 is 10.8. The van der Waals surface area contributed by atoms with Crippen molar-refractivity contribution in [3.8, 4) is 0 Å². The third-order valence-corrected chi connectivity index (χ3v) is 6.11. The first-order valence-electron chi connectivity index (χ1n) is 6.90. The van der Waals surface area contributed by atoms with Gasteiger partial charge in [-0.25, -0.2) is 0 Å². The van der Waals surface area contributed by atoms with E-state index in [1.165, 1.54) is 48.9 Å². The summed E-state index contributed by atoms with van der Waals surface area (Å²) in [6.45, 7) is 3.89. The molecule has 0 spiro atoms. The van der Waals surface area contributed by atoms with Crippen LogP contribution in [-0.4, -0.2) is 73.5 Å². The fourth-order valence-electron chi connectivity index (χ4n) is 2.52. The first-order chi connectivity index (χ1) is 8.90. The summed E-state index contributed by atoms with van der Waals surface area (Å²) in [5, 5.41) is 0. The van der Waals surface area contributed by atoms with Gasteiger partial charge < -0.3 is 9.47 Å². The third-order valence-electron chi connectivity index (χ3n) is 3.63. The Morgan fingerprint density at radius 1 is 1.06 bits per heavy atom. The van der Waals surface area contributed by atoms with Crippen molar-refractivity contribution in [3.05, 3.63) is 0 Å². The number of likely N-dealkylation sites (tertiary alicyclic amines) is 1. The molecule has 0 bridgehead atoms. The monoisotopic (exact) mass is 291 g/mol. The molecule has 106 valence electrons. The van der Waals surface area contributed by atoms with Crippen LogP contribution in [0.15, 0.2) is 0 Å². The molecule has 0 aromatic carbocycles. The zero-order chi connectivity index (χ0) is 12.6. The summed E-state index contributed by atoms with van der Waals surface area (Å²) in [5.74, 6) is 5.31. The zero-order valence-electron chi connectivity index (χ0n) is 11.3. The average molecular weight is 291 g/mol. The normalized spacial score (nSPS) is 25.2. The van der Waals surface area contributed by atoms with E-state index in [0.29, 0.717) is 6.10 Å². The molecule has 0 aromatic heterocycles. The molecule has 0 unspecified atom stereocenters. The minimum atomic E-state index is 0.461. The summed E-state index contributed by atoms with van der Waals surface area (Å²) in [6.07, 6.45) is 2.84. The lowest BCUT2D eigenvalue weighted by Gasteiger charge is -2.36. The highest BCUT2D eigenvalue weighted by molar-refractivity contribution is 8.03. The summed E-state index contributed by atoms with van der Waals surface area (Å²) in [5.41, 5.74) is 0. The molecule has 2 fully saturated rings. The molecule has 0 saturated carbocycles. The quantitative estimate of drug-likeness (QED) is 0.720. The third kappa shape index (κ3) is 4.93. The zero-order valence-corrected chi connectivity index (χ0v) is 12.9. The smallest absolute Gasteiger partial charge is 0.0704 e. The van der Waals surface area contributed by atoms with Gasteiger partial charge in [0.15, 0.2) is 0 Å². The van der Waals surface area contributed by atoms with Crippen LogP contribution in [0.25, 0.3) is 0 Å². The molecule has 0 aromatic rings. The van der Waals surface area contributed by atoms with Gasteiger partial charge in [0, 0.05) is 49.3 Å². The molecule has 2 aliphatic rings. The van der Waals surface area contributed by atoms with Crippen molar-refractivity contribution in [2.24, 2.45) is 0 Å². The fourth-order valence-corrected chi connectivity index (χ4v) is 5.15. The molecule has 2 rings (SSSR count). The molecule has 3 nitrogen and oxygen atoms in total. The minimum absolute atomic E-state index is 0.461. The van der Waals surface area contributed by atoms with Crippen LogP contribution in [-0.2, 0) is 9.47 Å². The van der Waals surface area contributed by atoms with Crippen LogP contribution in [0.4, 0.5) is 0 Å². The van der Waals surface area contributed by atoms with E-state index in [4.69, 9.17) is 9.47 Å². The number of methoxy groups -OCH3 is 1. The van der Waals surface area contributed by atoms with Crippen molar-refractivity contribution in [2.45, 2.75) is 25.0 Å². The lowest BCUT2D eigenvalue weighted by atomic mass is 10.1. The number of hydrogen-bond acceptors (Lipinski definition) is 5. The Morgan fingerprint density at radius 3 is 2.33 bits per heavy atom. The fraction of sp³-hybridized carbons (Fsp3) is 1.00. The van der Waals surface area contributed by atoms with E-state index < -0.39 is 0 Å². The van der Waals surface area contributed by atoms with Crippen LogP contribution in [0.3, 0.4) is 0 Å². The Balaban J connectivity index is 1.65. The number of ether oxygens (including phenoxy) is 2. The van der Waals surface area contributed by atoms with Gasteiger partial charge in [-0.2, -0.15) is 23.5 Å². The van der Waals surface area contributed by atoms with Crippen molar-refractivity contribution < 1.29 is 9.47 Å². The standard InChI is InChI=1S/C13H25NO2S2/c1-15-6-7-16-13-2-4-14(5-3-13)12-10-17-8-9-18-11-12/h12-13H,2-11H2,1H3. The van der Waals surface area contributed by atoms with E-state index in [2.05, 4.69) is 28.4 Å². The van der Waals surface area contributed by atoms with E-state index in [0.717, 1.165) is 19.3 Å². The Hall–Kier alpha value is 0.580. The molecule has 2 saturated heterocycles. The number of hydrogen-bond donors (Lipinski definition) is 0. The molecular formula is C13H25NO2S2. The van der Waals surface area contributed by atoms with Gasteiger partial charge >= 0.3 is 0 Å². The van der Waals surface area contributed by atoms with Crippen LogP contribution < -0.4 is 0 Å². The largest absolute Gasteiger partial charge is 0.382 e. The van der Waals surface area contributed by atoms with Gasteiger partial charge in [-0.1, -0.05) is 0 Å². The molecule has 0 amide bonds. The molecule has 2 heterocycles. The molecule has 0 radical (unpaired) electrons. The topological polar surface area (TPSA) is 21.7 Å². The number of piperidine rings is 1. The molecule has 0 atom stereocenters. The second kappa shape index (κ2) is 8.69. The van der Waals surface area contributed by atoms with Crippen LogP contribution >= 0.6 is 23.5 Å². The summed E-state index contributed by atoms with van der Waals surface area (Å²) >= 11 is 4.25. The first kappa shape index (κ1) is 15.0. The van der Waals surface area contributed by atoms with Crippen LogP contribution in [0.5, 0.6) is 0 Å². The minimum Gasteiger partial charge on any atom is -0.382 e. The number of rotatable bonds is 5. The predicted octanol–water partition coefficient (Wildman–Crippen LogP) is 1.96. The lowest BCUT2D eigenvalue weighted by molar-refractivity contribution is -0.0183. The predicted molar refractivity (Wildman–Crippen MR) is 80.9 cm³/mol. The second-order valence-electron chi connectivity index (χ2n) is 4.90. The Bertz CT molecular complexity index is 215. The lowest BCUT2D eigenvalue weighted by Crippen LogP contribution is -2.45. The van der Waals surface area contributed by atoms with Crippen molar-refractivity contribution in [2.75, 3.05) is 56.4 Å². The summed E-state index contributed by atoms with van der Waals surface area (Å²) in [6, 6.07) is 0.794. The van der Waals surface area contributed by atoms with Gasteiger partial charge in [0.25, 0.3) is 0 Å². The molecule has 5 heteroatoms. The van der Waals surface area contributed by atoms with Crippen molar-refractivity contribution in [1.29, 1.82) is 0 Å². The maximum Gasteiger partial charge on any atom is 0.0704 e. The summed E-state index contributed by atoms with van der Waals surface area (Å²) in [4.78, 5) is 2.68. The Kier molecular flexibility index (Phi) is 7.23. The van der Waals surface area contributed by atoms with Gasteiger partial charge in [0.05, 0.1) is 19.3 Å². The average Bonchev–Trinajstić information content (AvgIpc) is 2.69. The molecule has 0 N–H and O–H groups in total. The second-order valence-corrected chi connectivity index (χ2v) is 7.20. The highest BCUT2D eigenvalue weighted by Crippen LogP contribution is 2.23. The molecule has 0 aliphatic carbocycles. The van der Waals surface area contributed by atoms with Gasteiger partial charge in [-0.05, 0) is 12.8 Å². The van der Waals surface area contributed by atoms with Crippen LogP contribution in [0.1, 0.15) is 12.8 Å². The van der Waals surface area contributed by atoms with Crippen molar-refractivity contribution in [1.82, 2.24) is 4.90 Å². The van der Waals surface area contributed by atoms with Gasteiger partial charge in [0.1, 0.15) is 0 Å². The number of thioether (sulfide) groups is 2. The Labute approximate surface area is 119 Å². The van der Waals surface area contributed by atoms with Crippen molar-refractivity contribution >= 4 is 23.5 Å². The van der Waals surface area contributed by atoms with Gasteiger partial charge in [-0.15, -0.1) is 0 Å². The van der Waals surface area contributed by atoms with Crippen molar-refractivity contribution in [3.63, 3.8) is 0 Å². The summed E-state index contributed by atoms with van der Waals surface area (Å²) in [7, 11) is 1.73. The maximum absolute atomic E-state index is 5.82. The molecule has 18 heavy (non-hydrogen) atoms. The highest BCUT2D eigenvalue weighted by atomic mass is 32.2. The maximum atomic E-state index is 5.82. The van der Waals surface area contributed by atoms with Gasteiger partial charge in [-0.3, -0.25) is 4.90 Å². The van der Waals surface area contributed by atoms with E-state index in [1.807, 2.05) is 0 Å². The molecule has 2 aliphatic heterocycles. The SMILES string of the molecule is COCCOC1CCN(C2CSCCSC2)CC1.